The van der Waals surface area contributed by atoms with Crippen LogP contribution in [0.3, 0.4) is 0 Å². The Balaban J connectivity index is 2.40. The zero-order chi connectivity index (χ0) is 15.2. The first kappa shape index (κ1) is 15.3. The summed E-state index contributed by atoms with van der Waals surface area (Å²) in [6, 6.07) is 4.05. The number of aliphatic hydroxyl groups excluding tert-OH is 1. The van der Waals surface area contributed by atoms with E-state index in [1.807, 2.05) is 19.2 Å². The molecule has 0 saturated heterocycles. The minimum Gasteiger partial charge on any atom is -0.378 e. The highest BCUT2D eigenvalue weighted by atomic mass is 79.9. The number of carbonyl (C=O) groups excluding carboxylic acids is 1. The van der Waals surface area contributed by atoms with E-state index in [0.29, 0.717) is 17.3 Å². The Bertz CT molecular complexity index is 552. The predicted molar refractivity (Wildman–Crippen MR) is 85.1 cm³/mol. The topological polar surface area (TPSA) is 52.6 Å². The molecule has 20 heavy (non-hydrogen) atoms. The second kappa shape index (κ2) is 5.04. The van der Waals surface area contributed by atoms with Gasteiger partial charge in [-0.3, -0.25) is 4.79 Å². The van der Waals surface area contributed by atoms with Gasteiger partial charge in [0.25, 0.3) is 5.91 Å². The number of aliphatic hydroxyl groups is 1. The number of nitrogens with zero attached hydrogens (tertiary/aromatic N) is 1. The molecule has 1 aliphatic rings. The molecule has 1 heterocycles. The van der Waals surface area contributed by atoms with Crippen LogP contribution in [0.25, 0.3) is 0 Å². The zero-order valence-electron chi connectivity index (χ0n) is 12.5. The number of benzene rings is 1. The van der Waals surface area contributed by atoms with Crippen molar-refractivity contribution < 1.29 is 9.90 Å². The maximum absolute atomic E-state index is 11.5. The Morgan fingerprint density at radius 1 is 1.40 bits per heavy atom. The number of fused-ring (bicyclic) bond motifs is 1. The molecular weight excluding hydrogens is 320 g/mol. The van der Waals surface area contributed by atoms with Crippen LogP contribution in [0.2, 0.25) is 0 Å². The molecule has 0 saturated carbocycles. The summed E-state index contributed by atoms with van der Waals surface area (Å²) in [5, 5.41) is 12.5. The minimum absolute atomic E-state index is 0.135. The van der Waals surface area contributed by atoms with Crippen LogP contribution in [0, 0.1) is 5.41 Å². The fourth-order valence-corrected chi connectivity index (χ4v) is 2.95. The van der Waals surface area contributed by atoms with Crippen molar-refractivity contribution in [3.8, 4) is 0 Å². The van der Waals surface area contributed by atoms with Crippen molar-refractivity contribution >= 4 is 33.2 Å². The van der Waals surface area contributed by atoms with Gasteiger partial charge in [-0.1, -0.05) is 20.8 Å². The van der Waals surface area contributed by atoms with Crippen LogP contribution in [0.1, 0.15) is 39.4 Å². The van der Waals surface area contributed by atoms with Crippen molar-refractivity contribution in [2.24, 2.45) is 5.41 Å². The van der Waals surface area contributed by atoms with E-state index >= 15 is 0 Å². The van der Waals surface area contributed by atoms with Gasteiger partial charge in [0.1, 0.15) is 0 Å². The van der Waals surface area contributed by atoms with Gasteiger partial charge in [-0.15, -0.1) is 0 Å². The molecule has 5 heteroatoms. The third-order valence-corrected chi connectivity index (χ3v) is 4.77. The molecule has 0 bridgehead atoms. The van der Waals surface area contributed by atoms with Gasteiger partial charge in [-0.2, -0.15) is 0 Å². The first-order valence-corrected chi connectivity index (χ1v) is 7.47. The monoisotopic (exact) mass is 340 g/mol. The van der Waals surface area contributed by atoms with Gasteiger partial charge in [0.2, 0.25) is 0 Å². The second-order valence-electron chi connectivity index (χ2n) is 6.44. The number of nitrogens with one attached hydrogen (secondary N) is 1. The van der Waals surface area contributed by atoms with Gasteiger partial charge in [0.15, 0.2) is 6.10 Å². The highest BCUT2D eigenvalue weighted by molar-refractivity contribution is 9.10. The van der Waals surface area contributed by atoms with E-state index in [2.05, 4.69) is 53.8 Å². The molecule has 2 N–H and O–H groups in total. The number of carbonyl (C=O) groups is 1. The standard InChI is InChI=1S/C15H21BrN2O2/c1-8(15(2,3)4)18(5)12-7-11-9(6-10(12)16)13(19)14(20)17-11/h6-8,13,19H,1-5H3,(H,17,20). The molecule has 2 atom stereocenters. The summed E-state index contributed by atoms with van der Waals surface area (Å²) in [7, 11) is 2.04. The Kier molecular flexibility index (Phi) is 3.86. The van der Waals surface area contributed by atoms with E-state index in [0.717, 1.165) is 10.2 Å². The minimum atomic E-state index is -1.07. The largest absolute Gasteiger partial charge is 0.378 e. The Morgan fingerprint density at radius 3 is 2.55 bits per heavy atom. The highest BCUT2D eigenvalue weighted by Crippen LogP contribution is 2.40. The fraction of sp³-hybridized carbons (Fsp3) is 0.533. The molecule has 0 aliphatic carbocycles. The van der Waals surface area contributed by atoms with Crippen LogP contribution in [0.5, 0.6) is 0 Å². The molecule has 0 fully saturated rings. The van der Waals surface area contributed by atoms with Gasteiger partial charge >= 0.3 is 0 Å². The number of halogens is 1. The lowest BCUT2D eigenvalue weighted by atomic mass is 9.87. The number of anilines is 2. The smallest absolute Gasteiger partial charge is 0.257 e. The lowest BCUT2D eigenvalue weighted by molar-refractivity contribution is -0.123. The van der Waals surface area contributed by atoms with Crippen molar-refractivity contribution in [2.75, 3.05) is 17.3 Å². The van der Waals surface area contributed by atoms with E-state index < -0.39 is 6.10 Å². The average molecular weight is 341 g/mol. The highest BCUT2D eigenvalue weighted by Gasteiger charge is 2.31. The summed E-state index contributed by atoms with van der Waals surface area (Å²) in [4.78, 5) is 13.7. The molecule has 110 valence electrons. The second-order valence-corrected chi connectivity index (χ2v) is 7.29. The summed E-state index contributed by atoms with van der Waals surface area (Å²) in [6.45, 7) is 8.76. The van der Waals surface area contributed by atoms with Crippen LogP contribution in [0.15, 0.2) is 16.6 Å². The SMILES string of the molecule is CC(N(C)c1cc2c(cc1Br)C(O)C(=O)N2)C(C)(C)C. The molecule has 0 spiro atoms. The van der Waals surface area contributed by atoms with Crippen LogP contribution in [-0.2, 0) is 4.79 Å². The van der Waals surface area contributed by atoms with Gasteiger partial charge in [0.05, 0.1) is 5.69 Å². The number of hydrogen-bond acceptors (Lipinski definition) is 3. The maximum atomic E-state index is 11.5. The maximum Gasteiger partial charge on any atom is 0.257 e. The molecule has 0 radical (unpaired) electrons. The van der Waals surface area contributed by atoms with Crippen molar-refractivity contribution in [3.05, 3.63) is 22.2 Å². The van der Waals surface area contributed by atoms with E-state index in [9.17, 15) is 9.90 Å². The van der Waals surface area contributed by atoms with Crippen molar-refractivity contribution in [3.63, 3.8) is 0 Å². The predicted octanol–water partition coefficient (Wildman–Crippen LogP) is 3.31. The number of amides is 1. The van der Waals surface area contributed by atoms with Gasteiger partial charge in [-0.05, 0) is 40.4 Å². The summed E-state index contributed by atoms with van der Waals surface area (Å²) in [5.41, 5.74) is 2.45. The van der Waals surface area contributed by atoms with Gasteiger partial charge in [-0.25, -0.2) is 0 Å². The van der Waals surface area contributed by atoms with E-state index in [4.69, 9.17) is 0 Å². The molecule has 2 unspecified atom stereocenters. The Hall–Kier alpha value is -1.07. The Morgan fingerprint density at radius 2 is 2.00 bits per heavy atom. The summed E-state index contributed by atoms with van der Waals surface area (Å²) >= 11 is 3.54. The average Bonchev–Trinajstić information content (AvgIpc) is 2.62. The molecule has 1 aromatic carbocycles. The third kappa shape index (κ3) is 2.56. The number of rotatable bonds is 2. The quantitative estimate of drug-likeness (QED) is 0.868. The molecular formula is C15H21BrN2O2. The van der Waals surface area contributed by atoms with Crippen molar-refractivity contribution in [1.82, 2.24) is 0 Å². The lowest BCUT2D eigenvalue weighted by Gasteiger charge is -2.37. The molecule has 1 amide bonds. The summed E-state index contributed by atoms with van der Waals surface area (Å²) < 4.78 is 0.880. The first-order chi connectivity index (χ1) is 9.12. The normalized spacial score (nSPS) is 19.6. The molecule has 2 rings (SSSR count). The van der Waals surface area contributed by atoms with Crippen LogP contribution >= 0.6 is 15.9 Å². The molecule has 1 aliphatic heterocycles. The van der Waals surface area contributed by atoms with E-state index in [-0.39, 0.29) is 11.3 Å². The molecule has 0 aromatic heterocycles. The summed E-state index contributed by atoms with van der Waals surface area (Å²) in [6.07, 6.45) is -1.07. The van der Waals surface area contributed by atoms with Crippen LogP contribution < -0.4 is 10.2 Å². The fourth-order valence-electron chi connectivity index (χ4n) is 2.31. The van der Waals surface area contributed by atoms with Crippen molar-refractivity contribution in [2.45, 2.75) is 39.8 Å². The van der Waals surface area contributed by atoms with Crippen molar-refractivity contribution in [1.29, 1.82) is 0 Å². The summed E-state index contributed by atoms with van der Waals surface area (Å²) in [5.74, 6) is -0.365. The molecule has 4 nitrogen and oxygen atoms in total. The number of hydrogen-bond donors (Lipinski definition) is 2. The van der Waals surface area contributed by atoms with Crippen LogP contribution in [0.4, 0.5) is 11.4 Å². The molecule has 1 aromatic rings. The first-order valence-electron chi connectivity index (χ1n) is 6.68. The van der Waals surface area contributed by atoms with E-state index in [1.165, 1.54) is 0 Å². The van der Waals surface area contributed by atoms with Gasteiger partial charge < -0.3 is 15.3 Å². The third-order valence-electron chi connectivity index (χ3n) is 4.13. The van der Waals surface area contributed by atoms with Crippen LogP contribution in [-0.4, -0.2) is 24.1 Å². The van der Waals surface area contributed by atoms with E-state index in [1.54, 1.807) is 0 Å². The van der Waals surface area contributed by atoms with Gasteiger partial charge in [0, 0.05) is 28.8 Å². The zero-order valence-corrected chi connectivity index (χ0v) is 14.1. The Labute approximate surface area is 128 Å². The lowest BCUT2D eigenvalue weighted by Crippen LogP contribution is -2.39.